The molecule has 0 bridgehead atoms. The summed E-state index contributed by atoms with van der Waals surface area (Å²) in [6.07, 6.45) is 1.47. The van der Waals surface area contributed by atoms with Crippen LogP contribution in [0.2, 0.25) is 5.15 Å². The number of aromatic nitrogens is 2. The molecule has 0 unspecified atom stereocenters. The highest BCUT2D eigenvalue weighted by molar-refractivity contribution is 6.31. The van der Waals surface area contributed by atoms with Crippen LogP contribution >= 0.6 is 11.6 Å². The molecule has 0 radical (unpaired) electrons. The molecule has 1 N–H and O–H groups in total. The first-order valence-corrected chi connectivity index (χ1v) is 6.25. The zero-order valence-corrected chi connectivity index (χ0v) is 11.3. The molecule has 1 aromatic rings. The Morgan fingerprint density at radius 3 is 2.29 bits per heavy atom. The summed E-state index contributed by atoms with van der Waals surface area (Å²) in [5.41, 5.74) is 1.21. The molecular formula is C12H18ClN3O. The Kier molecular flexibility index (Phi) is 3.27. The van der Waals surface area contributed by atoms with Crippen LogP contribution in [0, 0.1) is 13.8 Å². The Bertz CT molecular complexity index is 424. The van der Waals surface area contributed by atoms with Crippen molar-refractivity contribution in [1.82, 2.24) is 9.97 Å². The molecule has 4 nitrogen and oxygen atoms in total. The molecule has 1 fully saturated rings. The monoisotopic (exact) mass is 255 g/mol. The third kappa shape index (κ3) is 2.69. The van der Waals surface area contributed by atoms with Gasteiger partial charge in [-0.15, -0.1) is 0 Å². The molecule has 2 heterocycles. The van der Waals surface area contributed by atoms with Crippen molar-refractivity contribution in [3.8, 4) is 0 Å². The second-order valence-electron chi connectivity index (χ2n) is 4.99. The lowest BCUT2D eigenvalue weighted by Crippen LogP contribution is -2.43. The van der Waals surface area contributed by atoms with E-state index in [4.69, 9.17) is 11.6 Å². The maximum Gasteiger partial charge on any atom is 0.171 e. The lowest BCUT2D eigenvalue weighted by atomic mass is 9.94. The molecule has 1 aliphatic rings. The van der Waals surface area contributed by atoms with Crippen molar-refractivity contribution in [2.75, 3.05) is 18.0 Å². The van der Waals surface area contributed by atoms with Gasteiger partial charge in [-0.2, -0.15) is 0 Å². The SMILES string of the molecule is Cc1nc(Cl)c(N2CCC(C)(O)CC2)nc1C. The molecule has 0 aliphatic carbocycles. The average Bonchev–Trinajstić information content (AvgIpc) is 2.24. The number of piperidine rings is 1. The first-order chi connectivity index (χ1) is 7.89. The quantitative estimate of drug-likeness (QED) is 0.835. The van der Waals surface area contributed by atoms with Gasteiger partial charge in [-0.1, -0.05) is 11.6 Å². The smallest absolute Gasteiger partial charge is 0.171 e. The van der Waals surface area contributed by atoms with Crippen LogP contribution in [-0.4, -0.2) is 33.8 Å². The van der Waals surface area contributed by atoms with Gasteiger partial charge < -0.3 is 10.0 Å². The van der Waals surface area contributed by atoms with E-state index >= 15 is 0 Å². The van der Waals surface area contributed by atoms with Gasteiger partial charge in [0.15, 0.2) is 11.0 Å². The number of halogens is 1. The van der Waals surface area contributed by atoms with Crippen molar-refractivity contribution in [2.24, 2.45) is 0 Å². The second kappa shape index (κ2) is 4.42. The summed E-state index contributed by atoms with van der Waals surface area (Å²) < 4.78 is 0. The molecule has 0 amide bonds. The van der Waals surface area contributed by atoms with Gasteiger partial charge in [-0.3, -0.25) is 0 Å². The highest BCUT2D eigenvalue weighted by Gasteiger charge is 2.29. The van der Waals surface area contributed by atoms with Crippen molar-refractivity contribution in [2.45, 2.75) is 39.2 Å². The third-order valence-electron chi connectivity index (χ3n) is 3.39. The molecule has 0 saturated carbocycles. The topological polar surface area (TPSA) is 49.2 Å². The van der Waals surface area contributed by atoms with Crippen LogP contribution in [0.3, 0.4) is 0 Å². The molecule has 0 spiro atoms. The van der Waals surface area contributed by atoms with Crippen molar-refractivity contribution in [1.29, 1.82) is 0 Å². The van der Waals surface area contributed by atoms with Gasteiger partial charge in [0, 0.05) is 13.1 Å². The van der Waals surface area contributed by atoms with Crippen molar-refractivity contribution < 1.29 is 5.11 Å². The van der Waals surface area contributed by atoms with Gasteiger partial charge in [-0.25, -0.2) is 9.97 Å². The molecule has 0 atom stereocenters. The summed E-state index contributed by atoms with van der Waals surface area (Å²) in [6, 6.07) is 0. The first kappa shape index (κ1) is 12.6. The van der Waals surface area contributed by atoms with E-state index < -0.39 is 5.60 Å². The van der Waals surface area contributed by atoms with Gasteiger partial charge in [0.05, 0.1) is 17.0 Å². The molecule has 17 heavy (non-hydrogen) atoms. The average molecular weight is 256 g/mol. The maximum absolute atomic E-state index is 9.91. The molecule has 2 rings (SSSR count). The van der Waals surface area contributed by atoms with Crippen LogP contribution in [-0.2, 0) is 0 Å². The summed E-state index contributed by atoms with van der Waals surface area (Å²) in [4.78, 5) is 10.9. The van der Waals surface area contributed by atoms with E-state index in [2.05, 4.69) is 14.9 Å². The van der Waals surface area contributed by atoms with Gasteiger partial charge in [0.1, 0.15) is 0 Å². The van der Waals surface area contributed by atoms with E-state index in [1.165, 1.54) is 0 Å². The van der Waals surface area contributed by atoms with E-state index in [0.29, 0.717) is 5.15 Å². The highest BCUT2D eigenvalue weighted by atomic mass is 35.5. The third-order valence-corrected chi connectivity index (χ3v) is 3.64. The maximum atomic E-state index is 9.91. The molecule has 1 aromatic heterocycles. The van der Waals surface area contributed by atoms with Gasteiger partial charge in [0.2, 0.25) is 0 Å². The van der Waals surface area contributed by atoms with E-state index in [-0.39, 0.29) is 0 Å². The van der Waals surface area contributed by atoms with Crippen LogP contribution in [0.25, 0.3) is 0 Å². The second-order valence-corrected chi connectivity index (χ2v) is 5.35. The predicted molar refractivity (Wildman–Crippen MR) is 68.6 cm³/mol. The molecule has 1 aliphatic heterocycles. The summed E-state index contributed by atoms with van der Waals surface area (Å²) in [6.45, 7) is 7.24. The Labute approximate surface area is 107 Å². The predicted octanol–water partition coefficient (Wildman–Crippen LogP) is 2.10. The number of hydrogen-bond donors (Lipinski definition) is 1. The number of anilines is 1. The highest BCUT2D eigenvalue weighted by Crippen LogP contribution is 2.28. The fraction of sp³-hybridized carbons (Fsp3) is 0.667. The van der Waals surface area contributed by atoms with E-state index in [1.807, 2.05) is 20.8 Å². The van der Waals surface area contributed by atoms with Crippen molar-refractivity contribution in [3.63, 3.8) is 0 Å². The normalized spacial score (nSPS) is 19.5. The van der Waals surface area contributed by atoms with E-state index in [1.54, 1.807) is 0 Å². The van der Waals surface area contributed by atoms with Crippen LogP contribution in [0.4, 0.5) is 5.82 Å². The lowest BCUT2D eigenvalue weighted by Gasteiger charge is -2.36. The van der Waals surface area contributed by atoms with Crippen molar-refractivity contribution >= 4 is 17.4 Å². The van der Waals surface area contributed by atoms with Crippen LogP contribution in [0.1, 0.15) is 31.2 Å². The number of rotatable bonds is 1. The Balaban J connectivity index is 2.21. The van der Waals surface area contributed by atoms with E-state index in [0.717, 1.165) is 43.1 Å². The fourth-order valence-electron chi connectivity index (χ4n) is 1.97. The lowest BCUT2D eigenvalue weighted by molar-refractivity contribution is 0.0350. The van der Waals surface area contributed by atoms with Crippen LogP contribution in [0.5, 0.6) is 0 Å². The standard InChI is InChI=1S/C12H18ClN3O/c1-8-9(2)15-11(10(13)14-8)16-6-4-12(3,17)5-7-16/h17H,4-7H2,1-3H3. The zero-order valence-electron chi connectivity index (χ0n) is 10.5. The van der Waals surface area contributed by atoms with Gasteiger partial charge in [0.25, 0.3) is 0 Å². The number of hydrogen-bond acceptors (Lipinski definition) is 4. The van der Waals surface area contributed by atoms with Gasteiger partial charge in [-0.05, 0) is 33.6 Å². The zero-order chi connectivity index (χ0) is 12.6. The number of aliphatic hydroxyl groups is 1. The summed E-state index contributed by atoms with van der Waals surface area (Å²) in [5.74, 6) is 0.741. The fourth-order valence-corrected chi connectivity index (χ4v) is 2.25. The number of aryl methyl sites for hydroxylation is 2. The van der Waals surface area contributed by atoms with Gasteiger partial charge >= 0.3 is 0 Å². The van der Waals surface area contributed by atoms with Crippen LogP contribution < -0.4 is 4.90 Å². The van der Waals surface area contributed by atoms with Crippen LogP contribution in [0.15, 0.2) is 0 Å². The largest absolute Gasteiger partial charge is 0.390 e. The van der Waals surface area contributed by atoms with Crippen molar-refractivity contribution in [3.05, 3.63) is 16.5 Å². The minimum Gasteiger partial charge on any atom is -0.390 e. The Morgan fingerprint density at radius 2 is 1.71 bits per heavy atom. The Hall–Kier alpha value is -0.870. The summed E-state index contributed by atoms with van der Waals surface area (Å²) in [7, 11) is 0. The number of nitrogens with zero attached hydrogens (tertiary/aromatic N) is 3. The Morgan fingerprint density at radius 1 is 1.18 bits per heavy atom. The molecule has 0 aromatic carbocycles. The molecule has 5 heteroatoms. The molecule has 1 saturated heterocycles. The molecule has 94 valence electrons. The molecular weight excluding hydrogens is 238 g/mol. The minimum absolute atomic E-state index is 0.453. The minimum atomic E-state index is -0.559. The van der Waals surface area contributed by atoms with E-state index in [9.17, 15) is 5.11 Å². The first-order valence-electron chi connectivity index (χ1n) is 5.87. The summed E-state index contributed by atoms with van der Waals surface area (Å²) in [5, 5.41) is 10.4. The summed E-state index contributed by atoms with van der Waals surface area (Å²) >= 11 is 6.13.